The smallest absolute Gasteiger partial charge is 0.410 e. The van der Waals surface area contributed by atoms with Gasteiger partial charge in [-0.3, -0.25) is 0 Å². The van der Waals surface area contributed by atoms with E-state index < -0.39 is 0 Å². The molecule has 0 bridgehead atoms. The Morgan fingerprint density at radius 3 is 2.92 bits per heavy atom. The zero-order valence-corrected chi connectivity index (χ0v) is 14.8. The van der Waals surface area contributed by atoms with Crippen LogP contribution in [0.15, 0.2) is 36.4 Å². The largest absolute Gasteiger partial charge is 0.504 e. The van der Waals surface area contributed by atoms with Crippen molar-refractivity contribution in [3.8, 4) is 22.6 Å². The molecule has 1 amide bonds. The zero-order valence-electron chi connectivity index (χ0n) is 14.0. The molecule has 0 radical (unpaired) electrons. The summed E-state index contributed by atoms with van der Waals surface area (Å²) in [5.41, 5.74) is 2.43. The number of phenolic OH excluding ortho intramolecular Hbond substituents is 1. The number of rotatable bonds is 3. The monoisotopic (exact) mass is 361 g/mol. The standard InChI is InChI=1S/C19H20ClNO4/c1-2-7-25-19(23)21-6-8-24-18-15(12-21)9-14(11-17(18)22)13-4-3-5-16(20)10-13/h3-5,9-11,22H,2,6-8,12H2,1H3. The van der Waals surface area contributed by atoms with Crippen LogP contribution < -0.4 is 4.74 Å². The Labute approximate surface area is 151 Å². The summed E-state index contributed by atoms with van der Waals surface area (Å²) >= 11 is 6.06. The van der Waals surface area contributed by atoms with E-state index in [0.717, 1.165) is 23.1 Å². The predicted molar refractivity (Wildman–Crippen MR) is 96.1 cm³/mol. The second-order valence-electron chi connectivity index (χ2n) is 5.88. The second kappa shape index (κ2) is 7.66. The Kier molecular flexibility index (Phi) is 5.34. The highest BCUT2D eigenvalue weighted by Crippen LogP contribution is 2.38. The number of nitrogens with zero attached hydrogens (tertiary/aromatic N) is 1. The van der Waals surface area contributed by atoms with Crippen LogP contribution in [0.1, 0.15) is 18.9 Å². The van der Waals surface area contributed by atoms with Crippen molar-refractivity contribution in [2.45, 2.75) is 19.9 Å². The summed E-state index contributed by atoms with van der Waals surface area (Å²) < 4.78 is 10.9. The molecule has 0 atom stereocenters. The number of hydrogen-bond donors (Lipinski definition) is 1. The van der Waals surface area contributed by atoms with E-state index in [0.29, 0.717) is 37.1 Å². The van der Waals surface area contributed by atoms with Gasteiger partial charge in [0.1, 0.15) is 6.61 Å². The minimum absolute atomic E-state index is 0.0521. The average Bonchev–Trinajstić information content (AvgIpc) is 2.82. The van der Waals surface area contributed by atoms with Crippen molar-refractivity contribution >= 4 is 17.7 Å². The van der Waals surface area contributed by atoms with Crippen LogP contribution in [0.2, 0.25) is 5.02 Å². The summed E-state index contributed by atoms with van der Waals surface area (Å²) in [6.07, 6.45) is 0.401. The molecule has 0 saturated carbocycles. The molecule has 0 saturated heterocycles. The van der Waals surface area contributed by atoms with Crippen LogP contribution in [0.25, 0.3) is 11.1 Å². The minimum atomic E-state index is -0.369. The van der Waals surface area contributed by atoms with Crippen LogP contribution >= 0.6 is 11.6 Å². The van der Waals surface area contributed by atoms with E-state index >= 15 is 0 Å². The van der Waals surface area contributed by atoms with E-state index in [1.165, 1.54) is 0 Å². The van der Waals surface area contributed by atoms with Gasteiger partial charge in [-0.25, -0.2) is 4.79 Å². The van der Waals surface area contributed by atoms with Crippen molar-refractivity contribution in [3.05, 3.63) is 47.0 Å². The SMILES string of the molecule is CCCOC(=O)N1CCOc2c(O)cc(-c3cccc(Cl)c3)cc2C1. The molecule has 2 aromatic carbocycles. The summed E-state index contributed by atoms with van der Waals surface area (Å²) in [5, 5.41) is 11.0. The lowest BCUT2D eigenvalue weighted by Crippen LogP contribution is -2.33. The molecule has 3 rings (SSSR count). The molecule has 6 heteroatoms. The molecule has 0 aromatic heterocycles. The van der Waals surface area contributed by atoms with E-state index in [1.807, 2.05) is 31.2 Å². The predicted octanol–water partition coefficient (Wildman–Crippen LogP) is 4.45. The summed E-state index contributed by atoms with van der Waals surface area (Å²) in [7, 11) is 0. The lowest BCUT2D eigenvalue weighted by molar-refractivity contribution is 0.0972. The van der Waals surface area contributed by atoms with Crippen molar-refractivity contribution in [1.82, 2.24) is 4.90 Å². The highest BCUT2D eigenvalue weighted by Gasteiger charge is 2.23. The number of hydrogen-bond acceptors (Lipinski definition) is 4. The molecular formula is C19H20ClNO4. The molecule has 0 fully saturated rings. The third-order valence-electron chi connectivity index (χ3n) is 3.96. The molecular weight excluding hydrogens is 342 g/mol. The number of aromatic hydroxyl groups is 1. The molecule has 1 aliphatic rings. The molecule has 1 N–H and O–H groups in total. The van der Waals surface area contributed by atoms with E-state index in [9.17, 15) is 9.90 Å². The first-order chi connectivity index (χ1) is 12.1. The van der Waals surface area contributed by atoms with Gasteiger partial charge in [0.05, 0.1) is 19.7 Å². The van der Waals surface area contributed by atoms with Crippen molar-refractivity contribution in [2.75, 3.05) is 19.8 Å². The molecule has 25 heavy (non-hydrogen) atoms. The van der Waals surface area contributed by atoms with Crippen molar-refractivity contribution in [2.24, 2.45) is 0 Å². The quantitative estimate of drug-likeness (QED) is 0.877. The van der Waals surface area contributed by atoms with Gasteiger partial charge < -0.3 is 19.5 Å². The van der Waals surface area contributed by atoms with Gasteiger partial charge in [-0.05, 0) is 41.8 Å². The number of amides is 1. The van der Waals surface area contributed by atoms with E-state index in [1.54, 1.807) is 17.0 Å². The Bertz CT molecular complexity index is 778. The number of ether oxygens (including phenoxy) is 2. The highest BCUT2D eigenvalue weighted by molar-refractivity contribution is 6.30. The lowest BCUT2D eigenvalue weighted by Gasteiger charge is -2.19. The zero-order chi connectivity index (χ0) is 17.8. The van der Waals surface area contributed by atoms with Crippen molar-refractivity contribution in [3.63, 3.8) is 0 Å². The first-order valence-corrected chi connectivity index (χ1v) is 8.62. The van der Waals surface area contributed by atoms with E-state index in [4.69, 9.17) is 21.1 Å². The summed E-state index contributed by atoms with van der Waals surface area (Å²) in [6.45, 7) is 3.36. The van der Waals surface area contributed by atoms with Gasteiger partial charge in [0.25, 0.3) is 0 Å². The van der Waals surface area contributed by atoms with Crippen LogP contribution in [0.4, 0.5) is 4.79 Å². The number of carbonyl (C=O) groups is 1. The van der Waals surface area contributed by atoms with Crippen LogP contribution in [0.3, 0.4) is 0 Å². The van der Waals surface area contributed by atoms with E-state index in [2.05, 4.69) is 0 Å². The fourth-order valence-electron chi connectivity index (χ4n) is 2.77. The van der Waals surface area contributed by atoms with Gasteiger partial charge in [0.2, 0.25) is 0 Å². The first kappa shape index (κ1) is 17.4. The normalized spacial score (nSPS) is 13.6. The molecule has 0 spiro atoms. The van der Waals surface area contributed by atoms with Crippen LogP contribution in [0.5, 0.6) is 11.5 Å². The fraction of sp³-hybridized carbons (Fsp3) is 0.316. The van der Waals surface area contributed by atoms with Crippen LogP contribution in [-0.4, -0.2) is 35.9 Å². The van der Waals surface area contributed by atoms with Crippen molar-refractivity contribution < 1.29 is 19.4 Å². The van der Waals surface area contributed by atoms with Crippen LogP contribution in [0, 0.1) is 0 Å². The Morgan fingerprint density at radius 2 is 2.16 bits per heavy atom. The fourth-order valence-corrected chi connectivity index (χ4v) is 2.96. The first-order valence-electron chi connectivity index (χ1n) is 8.25. The number of halogens is 1. The lowest BCUT2D eigenvalue weighted by atomic mass is 10.0. The maximum Gasteiger partial charge on any atom is 0.410 e. The van der Waals surface area contributed by atoms with E-state index in [-0.39, 0.29) is 11.8 Å². The molecule has 0 unspecified atom stereocenters. The Hall–Kier alpha value is -2.40. The number of phenols is 1. The van der Waals surface area contributed by atoms with Gasteiger partial charge in [-0.1, -0.05) is 30.7 Å². The minimum Gasteiger partial charge on any atom is -0.504 e. The molecule has 2 aromatic rings. The van der Waals surface area contributed by atoms with Crippen molar-refractivity contribution in [1.29, 1.82) is 0 Å². The Balaban J connectivity index is 1.92. The Morgan fingerprint density at radius 1 is 1.32 bits per heavy atom. The van der Waals surface area contributed by atoms with Gasteiger partial charge in [0.15, 0.2) is 11.5 Å². The summed E-state index contributed by atoms with van der Waals surface area (Å²) in [4.78, 5) is 13.8. The maximum absolute atomic E-state index is 12.2. The third kappa shape index (κ3) is 3.99. The number of carbonyl (C=O) groups excluding carboxylic acids is 1. The average molecular weight is 362 g/mol. The molecule has 132 valence electrons. The van der Waals surface area contributed by atoms with Gasteiger partial charge in [-0.15, -0.1) is 0 Å². The summed E-state index contributed by atoms with van der Waals surface area (Å²) in [5.74, 6) is 0.466. The number of fused-ring (bicyclic) bond motifs is 1. The van der Waals surface area contributed by atoms with Gasteiger partial charge in [-0.2, -0.15) is 0 Å². The topological polar surface area (TPSA) is 59.0 Å². The maximum atomic E-state index is 12.2. The molecule has 0 aliphatic carbocycles. The molecule has 5 nitrogen and oxygen atoms in total. The number of benzene rings is 2. The van der Waals surface area contributed by atoms with Crippen LogP contribution in [-0.2, 0) is 11.3 Å². The molecule has 1 heterocycles. The summed E-state index contributed by atoms with van der Waals surface area (Å²) in [6, 6.07) is 10.9. The highest BCUT2D eigenvalue weighted by atomic mass is 35.5. The van der Waals surface area contributed by atoms with Gasteiger partial charge in [0, 0.05) is 10.6 Å². The second-order valence-corrected chi connectivity index (χ2v) is 6.31. The third-order valence-corrected chi connectivity index (χ3v) is 4.20. The van der Waals surface area contributed by atoms with Gasteiger partial charge >= 0.3 is 6.09 Å². The molecule has 1 aliphatic heterocycles.